The maximum absolute atomic E-state index is 11.0. The van der Waals surface area contributed by atoms with Gasteiger partial charge in [-0.2, -0.15) is 0 Å². The second kappa shape index (κ2) is 7.55. The van der Waals surface area contributed by atoms with E-state index in [1.54, 1.807) is 0 Å². The van der Waals surface area contributed by atoms with Gasteiger partial charge in [-0.3, -0.25) is 0 Å². The van der Waals surface area contributed by atoms with Crippen molar-refractivity contribution in [2.24, 2.45) is 0 Å². The molecule has 0 aliphatic heterocycles. The number of benzene rings is 3. The first-order valence-electron chi connectivity index (χ1n) is 9.48. The monoisotopic (exact) mass is 607 g/mol. The lowest BCUT2D eigenvalue weighted by molar-refractivity contribution is 0.137. The third-order valence-electron chi connectivity index (χ3n) is 5.42. The smallest absolute Gasteiger partial charge is 0.106 e. The van der Waals surface area contributed by atoms with Gasteiger partial charge in [0.25, 0.3) is 0 Å². The zero-order valence-electron chi connectivity index (χ0n) is 15.8. The molecule has 0 radical (unpaired) electrons. The topological polar surface area (TPSA) is 43.0 Å². The summed E-state index contributed by atoms with van der Waals surface area (Å²) in [5, 5.41) is 13.5. The number of rotatable bonds is 4. The number of fused-ring (bicyclic) bond motifs is 4. The van der Waals surface area contributed by atoms with Crippen LogP contribution in [0.15, 0.2) is 60.7 Å². The van der Waals surface area contributed by atoms with E-state index in [-0.39, 0.29) is 0 Å². The largest absolute Gasteiger partial charge is 0.389 e. The summed E-state index contributed by atoms with van der Waals surface area (Å²) in [4.78, 5) is 4.63. The van der Waals surface area contributed by atoms with Crippen LogP contribution < -0.4 is 0 Å². The fraction of sp³-hybridized carbons (Fsp3) is 0.174. The number of aliphatic hydroxyl groups is 1. The van der Waals surface area contributed by atoms with Gasteiger partial charge >= 0.3 is 0 Å². The van der Waals surface area contributed by atoms with Gasteiger partial charge in [-0.25, -0.2) is 4.98 Å². The number of hydrogen-bond acceptors (Lipinski definition) is 2. The van der Waals surface area contributed by atoms with Crippen molar-refractivity contribution in [3.63, 3.8) is 0 Å². The quantitative estimate of drug-likeness (QED) is 0.266. The summed E-state index contributed by atoms with van der Waals surface area (Å²) >= 11 is 4.72. The van der Waals surface area contributed by atoms with E-state index in [9.17, 15) is 5.11 Å². The molecule has 0 fully saturated rings. The highest BCUT2D eigenvalue weighted by molar-refractivity contribution is 14.1. The molecule has 6 heteroatoms. The third kappa shape index (κ3) is 3.44. The van der Waals surface area contributed by atoms with Gasteiger partial charge in [-0.15, -0.1) is 0 Å². The van der Waals surface area contributed by atoms with E-state index in [2.05, 4.69) is 102 Å². The molecule has 1 N–H and O–H groups in total. The molecule has 0 amide bonds. The van der Waals surface area contributed by atoms with Gasteiger partial charge in [-0.05, 0) is 101 Å². The van der Waals surface area contributed by atoms with Crippen LogP contribution in [-0.4, -0.2) is 25.3 Å². The van der Waals surface area contributed by atoms with Crippen molar-refractivity contribution in [3.8, 4) is 0 Å². The molecule has 1 atom stereocenters. The molecule has 5 rings (SSSR count). The Bertz CT molecular complexity index is 1310. The fourth-order valence-corrected chi connectivity index (χ4v) is 5.13. The lowest BCUT2D eigenvalue weighted by Gasteiger charge is -2.16. The standard InChI is InChI=1S/C23H19I2N3O/c1-14-26-20-4-2-3-5-23(20)27(14)12-17(29)13-28-21-8-6-15(24)10-18(21)19-11-16(25)7-9-22(19)28/h2-11,17,29H,12-13H2,1H3/t17-/m1/s1. The van der Waals surface area contributed by atoms with Gasteiger partial charge in [0.1, 0.15) is 5.82 Å². The van der Waals surface area contributed by atoms with Crippen LogP contribution in [0.5, 0.6) is 0 Å². The highest BCUT2D eigenvalue weighted by Crippen LogP contribution is 2.32. The SMILES string of the molecule is Cc1nc2ccccc2n1C[C@@H](O)Cn1c2ccc(I)cc2c2cc(I)ccc21. The van der Waals surface area contributed by atoms with Crippen LogP contribution in [0.4, 0.5) is 0 Å². The fourth-order valence-electron chi connectivity index (χ4n) is 4.15. The Morgan fingerprint density at radius 1 is 0.828 bits per heavy atom. The van der Waals surface area contributed by atoms with Gasteiger partial charge in [0.15, 0.2) is 0 Å². The first-order chi connectivity index (χ1) is 14.0. The molecule has 0 aliphatic rings. The van der Waals surface area contributed by atoms with Crippen LogP contribution in [0.2, 0.25) is 0 Å². The van der Waals surface area contributed by atoms with Crippen LogP contribution >= 0.6 is 45.2 Å². The Kier molecular flexibility index (Phi) is 5.03. The molecule has 0 saturated heterocycles. The van der Waals surface area contributed by atoms with E-state index in [0.717, 1.165) is 27.9 Å². The number of imidazole rings is 1. The lowest BCUT2D eigenvalue weighted by Crippen LogP contribution is -2.22. The molecule has 0 unspecified atom stereocenters. The predicted molar refractivity (Wildman–Crippen MR) is 135 cm³/mol. The average Bonchev–Trinajstić information content (AvgIpc) is 3.16. The van der Waals surface area contributed by atoms with Crippen molar-refractivity contribution in [2.75, 3.05) is 0 Å². The summed E-state index contributed by atoms with van der Waals surface area (Å²) < 4.78 is 6.79. The molecule has 2 heterocycles. The molecular formula is C23H19I2N3O. The molecule has 0 aliphatic carbocycles. The number of aryl methyl sites for hydroxylation is 1. The van der Waals surface area contributed by atoms with Crippen LogP contribution in [0.3, 0.4) is 0 Å². The maximum Gasteiger partial charge on any atom is 0.106 e. The molecule has 0 bridgehead atoms. The average molecular weight is 607 g/mol. The van der Waals surface area contributed by atoms with Crippen molar-refractivity contribution < 1.29 is 5.11 Å². The summed E-state index contributed by atoms with van der Waals surface area (Å²) in [7, 11) is 0. The Hall–Kier alpha value is -1.65. The summed E-state index contributed by atoms with van der Waals surface area (Å²) in [6.45, 7) is 3.05. The van der Waals surface area contributed by atoms with E-state index < -0.39 is 6.10 Å². The number of nitrogens with zero attached hydrogens (tertiary/aromatic N) is 3. The second-order valence-electron chi connectivity index (χ2n) is 7.35. The normalized spacial score (nSPS) is 13.0. The van der Waals surface area contributed by atoms with Gasteiger partial charge in [0.05, 0.1) is 30.2 Å². The Labute approximate surface area is 195 Å². The van der Waals surface area contributed by atoms with Crippen molar-refractivity contribution in [2.45, 2.75) is 26.1 Å². The number of aliphatic hydroxyl groups excluding tert-OH is 1. The Morgan fingerprint density at radius 2 is 1.41 bits per heavy atom. The molecule has 3 aromatic carbocycles. The van der Waals surface area contributed by atoms with Crippen LogP contribution in [0, 0.1) is 14.1 Å². The minimum absolute atomic E-state index is 0.516. The van der Waals surface area contributed by atoms with Crippen LogP contribution in [-0.2, 0) is 13.1 Å². The summed E-state index contributed by atoms with van der Waals surface area (Å²) in [5.41, 5.74) is 4.36. The zero-order chi connectivity index (χ0) is 20.1. The van der Waals surface area contributed by atoms with Crippen LogP contribution in [0.25, 0.3) is 32.8 Å². The Morgan fingerprint density at radius 3 is 2.07 bits per heavy atom. The summed E-state index contributed by atoms with van der Waals surface area (Å²) in [6.07, 6.45) is -0.524. The van der Waals surface area contributed by atoms with E-state index in [1.165, 1.54) is 17.9 Å². The molecule has 0 saturated carbocycles. The van der Waals surface area contributed by atoms with E-state index in [1.807, 2.05) is 25.1 Å². The van der Waals surface area contributed by atoms with Crippen molar-refractivity contribution in [3.05, 3.63) is 73.6 Å². The second-order valence-corrected chi connectivity index (χ2v) is 9.84. The Balaban J connectivity index is 1.56. The molecule has 146 valence electrons. The van der Waals surface area contributed by atoms with Gasteiger partial charge < -0.3 is 14.2 Å². The highest BCUT2D eigenvalue weighted by Gasteiger charge is 2.16. The number of para-hydroxylation sites is 2. The minimum Gasteiger partial charge on any atom is -0.389 e. The predicted octanol–water partition coefficient (Wildman–Crippen LogP) is 5.72. The molecule has 2 aromatic heterocycles. The van der Waals surface area contributed by atoms with Gasteiger partial charge in [0.2, 0.25) is 0 Å². The molecule has 4 nitrogen and oxygen atoms in total. The summed E-state index contributed by atoms with van der Waals surface area (Å²) in [5.74, 6) is 0.927. The van der Waals surface area contributed by atoms with E-state index >= 15 is 0 Å². The van der Waals surface area contributed by atoms with Gasteiger partial charge in [-0.1, -0.05) is 12.1 Å². The first-order valence-corrected chi connectivity index (χ1v) is 11.6. The number of aromatic nitrogens is 3. The van der Waals surface area contributed by atoms with Gasteiger partial charge in [0, 0.05) is 28.9 Å². The molecule has 5 aromatic rings. The molecule has 29 heavy (non-hydrogen) atoms. The van der Waals surface area contributed by atoms with Crippen molar-refractivity contribution in [1.29, 1.82) is 0 Å². The summed E-state index contributed by atoms with van der Waals surface area (Å²) in [6, 6.07) is 21.1. The number of hydrogen-bond donors (Lipinski definition) is 1. The van der Waals surface area contributed by atoms with E-state index in [4.69, 9.17) is 0 Å². The lowest BCUT2D eigenvalue weighted by atomic mass is 10.2. The maximum atomic E-state index is 11.0. The van der Waals surface area contributed by atoms with Crippen molar-refractivity contribution >= 4 is 78.0 Å². The number of halogens is 2. The molecule has 0 spiro atoms. The van der Waals surface area contributed by atoms with Crippen LogP contribution in [0.1, 0.15) is 5.82 Å². The minimum atomic E-state index is -0.524. The zero-order valence-corrected chi connectivity index (χ0v) is 20.1. The van der Waals surface area contributed by atoms with Crippen molar-refractivity contribution in [1.82, 2.24) is 14.1 Å². The van der Waals surface area contributed by atoms with E-state index in [0.29, 0.717) is 13.1 Å². The first kappa shape index (κ1) is 19.3. The highest BCUT2D eigenvalue weighted by atomic mass is 127. The molecular weight excluding hydrogens is 588 g/mol. The third-order valence-corrected chi connectivity index (χ3v) is 6.76.